The van der Waals surface area contributed by atoms with Gasteiger partial charge >= 0.3 is 0 Å². The second-order valence-electron chi connectivity index (χ2n) is 4.54. The smallest absolute Gasteiger partial charge is 0.119 e. The fourth-order valence-electron chi connectivity index (χ4n) is 2.12. The summed E-state index contributed by atoms with van der Waals surface area (Å²) in [5, 5.41) is 9.37. The van der Waals surface area contributed by atoms with Gasteiger partial charge in [-0.2, -0.15) is 0 Å². The topological polar surface area (TPSA) is 35.9 Å². The zero-order valence-corrected chi connectivity index (χ0v) is 11.3. The van der Waals surface area contributed by atoms with Crippen LogP contribution < -0.4 is 9.64 Å². The number of nitrogens with zero attached hydrogens (tertiary/aromatic N) is 2. The first-order valence-corrected chi connectivity index (χ1v) is 6.71. The molecule has 1 fully saturated rings. The molecule has 4 heteroatoms. The van der Waals surface area contributed by atoms with E-state index < -0.39 is 13.1 Å². The molecule has 1 aliphatic rings. The molecule has 106 valence electrons. The third-order valence-corrected chi connectivity index (χ3v) is 3.16. The van der Waals surface area contributed by atoms with Gasteiger partial charge in [-0.25, -0.2) is 0 Å². The van der Waals surface area contributed by atoms with Crippen LogP contribution in [0.15, 0.2) is 24.3 Å². The van der Waals surface area contributed by atoms with E-state index in [0.717, 1.165) is 17.9 Å². The van der Waals surface area contributed by atoms with E-state index in [1.54, 1.807) is 0 Å². The molecule has 0 saturated carbocycles. The first kappa shape index (κ1) is 9.61. The number of anilines is 1. The highest BCUT2D eigenvalue weighted by Crippen LogP contribution is 2.20. The summed E-state index contributed by atoms with van der Waals surface area (Å²) in [6, 6.07) is 7.78. The van der Waals surface area contributed by atoms with E-state index in [0.29, 0.717) is 32.8 Å². The number of benzene rings is 1. The van der Waals surface area contributed by atoms with Gasteiger partial charge in [0, 0.05) is 41.1 Å². The quantitative estimate of drug-likeness (QED) is 0.850. The number of piperazine rings is 1. The van der Waals surface area contributed by atoms with Gasteiger partial charge in [-0.1, -0.05) is 6.92 Å². The molecule has 1 aliphatic heterocycles. The van der Waals surface area contributed by atoms with Crippen molar-refractivity contribution in [1.82, 2.24) is 4.90 Å². The van der Waals surface area contributed by atoms with Gasteiger partial charge in [0.1, 0.15) is 5.75 Å². The van der Waals surface area contributed by atoms with Crippen LogP contribution in [0, 0.1) is 0 Å². The van der Waals surface area contributed by atoms with E-state index in [4.69, 9.17) is 10.2 Å². The van der Waals surface area contributed by atoms with Gasteiger partial charge in [0.05, 0.1) is 15.9 Å². The Morgan fingerprint density at radius 2 is 1.89 bits per heavy atom. The summed E-state index contributed by atoms with van der Waals surface area (Å²) < 4.78 is 35.6. The highest BCUT2D eigenvalue weighted by atomic mass is 16.5. The predicted octanol–water partition coefficient (Wildman–Crippen LogP) is 1.59. The highest BCUT2D eigenvalue weighted by molar-refractivity contribution is 5.49. The summed E-state index contributed by atoms with van der Waals surface area (Å²) in [5.74, 6) is 0.832. The Morgan fingerprint density at radius 3 is 2.47 bits per heavy atom. The molecule has 0 radical (unpaired) electrons. The molecule has 19 heavy (non-hydrogen) atoms. The highest BCUT2D eigenvalue weighted by Gasteiger charge is 2.16. The second-order valence-corrected chi connectivity index (χ2v) is 4.54. The first-order valence-electron chi connectivity index (χ1n) is 8.71. The Morgan fingerprint density at radius 1 is 1.21 bits per heavy atom. The van der Waals surface area contributed by atoms with Crippen LogP contribution in [-0.4, -0.2) is 55.8 Å². The summed E-state index contributed by atoms with van der Waals surface area (Å²) in [5.41, 5.74) is 1.03. The summed E-state index contributed by atoms with van der Waals surface area (Å²) in [7, 11) is 0. The minimum Gasteiger partial charge on any atom is -0.494 e. The first-order chi connectivity index (χ1) is 10.8. The molecule has 1 heterocycles. The van der Waals surface area contributed by atoms with Gasteiger partial charge < -0.3 is 14.7 Å². The van der Waals surface area contributed by atoms with Gasteiger partial charge in [0.2, 0.25) is 0 Å². The standard InChI is InChI=1S/C15H24N2O2/c1-2-13-19-15-5-3-14(4-6-15)17-9-7-16(8-10-17)11-12-18/h3-6,18H,2,7-13H2,1H3/i11D2,12D2. The maximum atomic E-state index is 9.37. The fraction of sp³-hybridized carbons (Fsp3) is 0.600. The fourth-order valence-corrected chi connectivity index (χ4v) is 2.12. The van der Waals surface area contributed by atoms with E-state index in [-0.39, 0.29) is 0 Å². The second kappa shape index (κ2) is 7.36. The average Bonchev–Trinajstić information content (AvgIpc) is 2.52. The van der Waals surface area contributed by atoms with Crippen LogP contribution in [0.25, 0.3) is 0 Å². The Bertz CT molecular complexity index is 497. The van der Waals surface area contributed by atoms with Crippen molar-refractivity contribution in [3.05, 3.63) is 24.3 Å². The number of β-amino-alcohol motifs (C(OH)–C–C–N with tert-alkyl or cyclic N) is 1. The van der Waals surface area contributed by atoms with E-state index in [2.05, 4.69) is 11.8 Å². The third kappa shape index (κ3) is 4.11. The molecule has 1 aromatic rings. The molecule has 0 atom stereocenters. The lowest BCUT2D eigenvalue weighted by atomic mass is 10.2. The van der Waals surface area contributed by atoms with Crippen molar-refractivity contribution in [2.45, 2.75) is 13.3 Å². The molecule has 1 aromatic carbocycles. The Labute approximate surface area is 121 Å². The number of hydrogen-bond acceptors (Lipinski definition) is 4. The molecular weight excluding hydrogens is 240 g/mol. The third-order valence-electron chi connectivity index (χ3n) is 3.16. The van der Waals surface area contributed by atoms with Crippen molar-refractivity contribution < 1.29 is 15.3 Å². The minimum atomic E-state index is -2.88. The number of aliphatic hydroxyl groups is 1. The van der Waals surface area contributed by atoms with Crippen molar-refractivity contribution in [2.75, 3.05) is 50.7 Å². The SMILES string of the molecule is [2H]C([2H])(O)C([2H])([2H])N1CCN(c2ccc(OCCC)cc2)CC1. The zero-order valence-electron chi connectivity index (χ0n) is 15.3. The molecule has 4 nitrogen and oxygen atoms in total. The molecule has 1 saturated heterocycles. The normalized spacial score (nSPS) is 21.3. The molecule has 0 unspecified atom stereocenters. The average molecular weight is 268 g/mol. The van der Waals surface area contributed by atoms with Crippen LogP contribution >= 0.6 is 0 Å². The molecule has 2 rings (SSSR count). The van der Waals surface area contributed by atoms with Crippen LogP contribution in [-0.2, 0) is 0 Å². The summed E-state index contributed by atoms with van der Waals surface area (Å²) in [4.78, 5) is 3.46. The molecule has 0 spiro atoms. The maximum Gasteiger partial charge on any atom is 0.119 e. The summed E-state index contributed by atoms with van der Waals surface area (Å²) in [6.45, 7) is -0.681. The summed E-state index contributed by atoms with van der Waals surface area (Å²) in [6.07, 6.45) is 0.962. The number of hydrogen-bond donors (Lipinski definition) is 1. The molecule has 0 bridgehead atoms. The van der Waals surface area contributed by atoms with E-state index >= 15 is 0 Å². The zero-order chi connectivity index (χ0) is 17.1. The van der Waals surface area contributed by atoms with Crippen molar-refractivity contribution in [2.24, 2.45) is 0 Å². The Hall–Kier alpha value is -1.26. The largest absolute Gasteiger partial charge is 0.494 e. The van der Waals surface area contributed by atoms with Crippen LogP contribution in [0.1, 0.15) is 18.8 Å². The Balaban J connectivity index is 1.94. The van der Waals surface area contributed by atoms with Gasteiger partial charge in [0.25, 0.3) is 0 Å². The lowest BCUT2D eigenvalue weighted by Crippen LogP contribution is -2.47. The summed E-state index contributed by atoms with van der Waals surface area (Å²) >= 11 is 0. The van der Waals surface area contributed by atoms with E-state index in [9.17, 15) is 5.11 Å². The lowest BCUT2D eigenvalue weighted by Gasteiger charge is -2.35. The molecule has 1 N–H and O–H groups in total. The predicted molar refractivity (Wildman–Crippen MR) is 78.0 cm³/mol. The van der Waals surface area contributed by atoms with Crippen molar-refractivity contribution in [3.8, 4) is 5.75 Å². The number of ether oxygens (including phenoxy) is 1. The molecule has 0 aliphatic carbocycles. The van der Waals surface area contributed by atoms with Crippen molar-refractivity contribution in [1.29, 1.82) is 0 Å². The monoisotopic (exact) mass is 268 g/mol. The van der Waals surface area contributed by atoms with Gasteiger partial charge in [-0.15, -0.1) is 0 Å². The van der Waals surface area contributed by atoms with Crippen molar-refractivity contribution >= 4 is 5.69 Å². The van der Waals surface area contributed by atoms with Crippen LogP contribution in [0.3, 0.4) is 0 Å². The van der Waals surface area contributed by atoms with Crippen LogP contribution in [0.5, 0.6) is 5.75 Å². The molecule has 0 amide bonds. The van der Waals surface area contributed by atoms with Gasteiger partial charge in [-0.3, -0.25) is 4.90 Å². The van der Waals surface area contributed by atoms with Gasteiger partial charge in [0.15, 0.2) is 0 Å². The van der Waals surface area contributed by atoms with Crippen LogP contribution in [0.4, 0.5) is 5.69 Å². The minimum absolute atomic E-state index is 0.348. The van der Waals surface area contributed by atoms with Gasteiger partial charge in [-0.05, 0) is 30.7 Å². The lowest BCUT2D eigenvalue weighted by molar-refractivity contribution is 0.189. The Kier molecular flexibility index (Phi) is 3.72. The molecule has 0 aromatic heterocycles. The molecular formula is C15H24N2O2. The number of rotatable bonds is 6. The van der Waals surface area contributed by atoms with E-state index in [1.807, 2.05) is 24.3 Å². The maximum absolute atomic E-state index is 9.37. The van der Waals surface area contributed by atoms with Crippen LogP contribution in [0.2, 0.25) is 0 Å². The van der Waals surface area contributed by atoms with E-state index in [1.165, 1.54) is 4.90 Å². The van der Waals surface area contributed by atoms with Crippen molar-refractivity contribution in [3.63, 3.8) is 0 Å².